The first-order valence-corrected chi connectivity index (χ1v) is 11.4. The standard InChI is InChI=1S/C25H19Cl2N3O2/c26-19-8-5-14(9-20(19)27)12-29-13-17(18-3-1-2-4-21(18)29)11-28-30-24(31)22-15-6-7-16(10-15)23(22)25(30)32/h1-9,11,13,15-16,22-23H,10,12H2/b28-11-/t15-,16+,22-,23-/m0/s1. The van der Waals surface area contributed by atoms with Crippen LogP contribution >= 0.6 is 23.2 Å². The van der Waals surface area contributed by atoms with Gasteiger partial charge in [-0.25, -0.2) is 0 Å². The van der Waals surface area contributed by atoms with Crippen molar-refractivity contribution in [2.75, 3.05) is 0 Å². The van der Waals surface area contributed by atoms with Crippen molar-refractivity contribution in [1.29, 1.82) is 0 Å². The van der Waals surface area contributed by atoms with E-state index in [-0.39, 0.29) is 35.5 Å². The van der Waals surface area contributed by atoms with Gasteiger partial charge in [-0.3, -0.25) is 9.59 Å². The van der Waals surface area contributed by atoms with Crippen LogP contribution < -0.4 is 0 Å². The zero-order valence-electron chi connectivity index (χ0n) is 17.0. The Bertz CT molecular complexity index is 1310. The van der Waals surface area contributed by atoms with Crippen LogP contribution in [0.4, 0.5) is 0 Å². The molecule has 2 bridgehead atoms. The van der Waals surface area contributed by atoms with Gasteiger partial charge in [-0.1, -0.05) is 59.6 Å². The third kappa shape index (κ3) is 2.95. The third-order valence-corrected chi connectivity index (χ3v) is 7.65. The molecule has 5 nitrogen and oxygen atoms in total. The topological polar surface area (TPSA) is 54.7 Å². The summed E-state index contributed by atoms with van der Waals surface area (Å²) >= 11 is 12.2. The Labute approximate surface area is 194 Å². The number of fused-ring (bicyclic) bond motifs is 6. The molecular weight excluding hydrogens is 445 g/mol. The molecule has 3 aliphatic rings. The smallest absolute Gasteiger partial charge is 0.254 e. The Kier molecular flexibility index (Phi) is 4.52. The van der Waals surface area contributed by atoms with Gasteiger partial charge in [-0.2, -0.15) is 10.1 Å². The first-order chi connectivity index (χ1) is 15.5. The number of imide groups is 1. The molecule has 32 heavy (non-hydrogen) atoms. The number of hydrogen-bond donors (Lipinski definition) is 0. The van der Waals surface area contributed by atoms with Crippen LogP contribution in [0.25, 0.3) is 10.9 Å². The maximum Gasteiger partial charge on any atom is 0.254 e. The van der Waals surface area contributed by atoms with Gasteiger partial charge < -0.3 is 4.57 Å². The van der Waals surface area contributed by atoms with Crippen molar-refractivity contribution in [2.45, 2.75) is 13.0 Å². The highest BCUT2D eigenvalue weighted by molar-refractivity contribution is 6.42. The fourth-order valence-electron chi connectivity index (χ4n) is 5.46. The predicted molar refractivity (Wildman–Crippen MR) is 125 cm³/mol. The van der Waals surface area contributed by atoms with Crippen LogP contribution in [-0.2, 0) is 16.1 Å². The number of aromatic nitrogens is 1. The molecule has 0 radical (unpaired) electrons. The highest BCUT2D eigenvalue weighted by atomic mass is 35.5. The van der Waals surface area contributed by atoms with Crippen molar-refractivity contribution in [3.05, 3.63) is 82.0 Å². The molecule has 1 saturated carbocycles. The molecule has 2 aliphatic carbocycles. The van der Waals surface area contributed by atoms with Gasteiger partial charge in [0, 0.05) is 29.2 Å². The largest absolute Gasteiger partial charge is 0.342 e. The number of amides is 2. The van der Waals surface area contributed by atoms with Gasteiger partial charge in [0.05, 0.1) is 28.1 Å². The third-order valence-electron chi connectivity index (χ3n) is 6.92. The van der Waals surface area contributed by atoms with E-state index in [9.17, 15) is 9.59 Å². The molecule has 1 aliphatic heterocycles. The number of nitrogens with zero attached hydrogens (tertiary/aromatic N) is 3. The number of allylic oxidation sites excluding steroid dienone is 2. The lowest BCUT2D eigenvalue weighted by molar-refractivity contribution is -0.140. The van der Waals surface area contributed by atoms with Crippen molar-refractivity contribution in [2.24, 2.45) is 28.8 Å². The minimum Gasteiger partial charge on any atom is -0.342 e. The normalized spacial score (nSPS) is 26.2. The number of hydrogen-bond acceptors (Lipinski definition) is 3. The van der Waals surface area contributed by atoms with Gasteiger partial charge >= 0.3 is 0 Å². The van der Waals surface area contributed by atoms with E-state index >= 15 is 0 Å². The molecule has 0 spiro atoms. The van der Waals surface area contributed by atoms with Crippen molar-refractivity contribution >= 4 is 52.1 Å². The maximum absolute atomic E-state index is 12.9. The molecule has 7 heteroatoms. The van der Waals surface area contributed by atoms with Gasteiger partial charge in [-0.05, 0) is 42.0 Å². The van der Waals surface area contributed by atoms with E-state index in [2.05, 4.69) is 21.8 Å². The molecule has 2 aromatic carbocycles. The van der Waals surface area contributed by atoms with Crippen LogP contribution in [0.15, 0.2) is 65.9 Å². The van der Waals surface area contributed by atoms with E-state index < -0.39 is 0 Å². The summed E-state index contributed by atoms with van der Waals surface area (Å²) in [5.41, 5.74) is 2.89. The molecule has 2 fully saturated rings. The summed E-state index contributed by atoms with van der Waals surface area (Å²) < 4.78 is 2.10. The van der Waals surface area contributed by atoms with Crippen LogP contribution in [0.3, 0.4) is 0 Å². The fourth-order valence-corrected chi connectivity index (χ4v) is 5.78. The molecule has 0 unspecified atom stereocenters. The van der Waals surface area contributed by atoms with Crippen LogP contribution in [-0.4, -0.2) is 27.6 Å². The van der Waals surface area contributed by atoms with Gasteiger partial charge in [0.2, 0.25) is 0 Å². The van der Waals surface area contributed by atoms with E-state index in [1.54, 1.807) is 12.3 Å². The molecule has 2 heterocycles. The Morgan fingerprint density at radius 2 is 1.69 bits per heavy atom. The average molecular weight is 464 g/mol. The van der Waals surface area contributed by atoms with E-state index in [4.69, 9.17) is 23.2 Å². The molecule has 1 aromatic heterocycles. The minimum absolute atomic E-state index is 0.173. The zero-order valence-corrected chi connectivity index (χ0v) is 18.5. The van der Waals surface area contributed by atoms with Crippen LogP contribution in [0.5, 0.6) is 0 Å². The number of carbonyl (C=O) groups is 2. The second-order valence-electron chi connectivity index (χ2n) is 8.71. The molecular formula is C25H19Cl2N3O2. The van der Waals surface area contributed by atoms with Gasteiger partial charge in [-0.15, -0.1) is 0 Å². The van der Waals surface area contributed by atoms with Crippen LogP contribution in [0.1, 0.15) is 17.5 Å². The number of para-hydroxylation sites is 1. The van der Waals surface area contributed by atoms with Gasteiger partial charge in [0.1, 0.15) is 0 Å². The highest BCUT2D eigenvalue weighted by Crippen LogP contribution is 2.52. The fraction of sp³-hybridized carbons (Fsp3) is 0.240. The quantitative estimate of drug-likeness (QED) is 0.305. The highest BCUT2D eigenvalue weighted by Gasteiger charge is 2.59. The van der Waals surface area contributed by atoms with Crippen molar-refractivity contribution in [3.8, 4) is 0 Å². The first-order valence-electron chi connectivity index (χ1n) is 10.6. The maximum atomic E-state index is 12.9. The summed E-state index contributed by atoms with van der Waals surface area (Å²) in [6.07, 6.45) is 8.68. The molecule has 1 saturated heterocycles. The Balaban J connectivity index is 1.32. The Morgan fingerprint density at radius 1 is 0.969 bits per heavy atom. The zero-order chi connectivity index (χ0) is 22.0. The average Bonchev–Trinajstić information content (AvgIpc) is 3.54. The molecule has 160 valence electrons. The SMILES string of the molecule is O=C1[C@@H]2[C@@H](C(=O)N1/N=C\c1cn(Cc3ccc(Cl)c(Cl)c3)c3ccccc13)[C@H]1C=C[C@@H]2C1. The molecule has 6 rings (SSSR count). The number of hydrazone groups is 1. The number of rotatable bonds is 4. The Morgan fingerprint density at radius 3 is 2.41 bits per heavy atom. The summed E-state index contributed by atoms with van der Waals surface area (Å²) in [7, 11) is 0. The Hall–Kier alpha value is -2.89. The summed E-state index contributed by atoms with van der Waals surface area (Å²) in [5, 5.41) is 7.49. The van der Waals surface area contributed by atoms with Crippen LogP contribution in [0.2, 0.25) is 10.0 Å². The number of benzene rings is 2. The van der Waals surface area contributed by atoms with Crippen LogP contribution in [0, 0.1) is 23.7 Å². The first kappa shape index (κ1) is 19.8. The summed E-state index contributed by atoms with van der Waals surface area (Å²) in [5.74, 6) is -0.485. The van der Waals surface area contributed by atoms with Gasteiger partial charge in [0.25, 0.3) is 11.8 Å². The number of carbonyl (C=O) groups excluding carboxylic acids is 2. The molecule has 2 amide bonds. The van der Waals surface area contributed by atoms with E-state index in [1.165, 1.54) is 0 Å². The second-order valence-corrected chi connectivity index (χ2v) is 9.53. The summed E-state index contributed by atoms with van der Waals surface area (Å²) in [6.45, 7) is 0.603. The summed E-state index contributed by atoms with van der Waals surface area (Å²) in [6, 6.07) is 13.6. The monoisotopic (exact) mass is 463 g/mol. The van der Waals surface area contributed by atoms with E-state index in [0.29, 0.717) is 16.6 Å². The van der Waals surface area contributed by atoms with E-state index in [0.717, 1.165) is 33.5 Å². The van der Waals surface area contributed by atoms with Crippen molar-refractivity contribution < 1.29 is 9.59 Å². The van der Waals surface area contributed by atoms with Crippen molar-refractivity contribution in [3.63, 3.8) is 0 Å². The van der Waals surface area contributed by atoms with Gasteiger partial charge in [0.15, 0.2) is 0 Å². The minimum atomic E-state index is -0.245. The molecule has 3 aromatic rings. The lowest BCUT2D eigenvalue weighted by Crippen LogP contribution is -2.28. The lowest BCUT2D eigenvalue weighted by Gasteiger charge is -2.13. The van der Waals surface area contributed by atoms with Crippen molar-refractivity contribution in [1.82, 2.24) is 9.58 Å². The second kappa shape index (κ2) is 7.32. The predicted octanol–water partition coefficient (Wildman–Crippen LogP) is 5.14. The van der Waals surface area contributed by atoms with E-state index in [1.807, 2.05) is 42.6 Å². The molecule has 4 atom stereocenters. The summed E-state index contributed by atoms with van der Waals surface area (Å²) in [4.78, 5) is 25.8. The number of halogens is 2. The lowest BCUT2D eigenvalue weighted by atomic mass is 9.85. The molecule has 0 N–H and O–H groups in total.